The Bertz CT molecular complexity index is 1110. The van der Waals surface area contributed by atoms with Gasteiger partial charge in [0.25, 0.3) is 0 Å². The molecule has 1 unspecified atom stereocenters. The molecule has 0 bridgehead atoms. The lowest BCUT2D eigenvalue weighted by Crippen LogP contribution is -2.53. The number of esters is 1. The number of carbonyl (C=O) groups is 1. The molecule has 0 amide bonds. The Morgan fingerprint density at radius 2 is 1.96 bits per heavy atom. The summed E-state index contributed by atoms with van der Waals surface area (Å²) in [5, 5.41) is 3.57. The molecule has 7 nitrogen and oxygen atoms in total. The number of hydrogen-bond acceptors (Lipinski definition) is 7. The van der Waals surface area contributed by atoms with Crippen molar-refractivity contribution in [2.45, 2.75) is 19.6 Å². The molecule has 1 aromatic carbocycles. The highest BCUT2D eigenvalue weighted by molar-refractivity contribution is 5.85. The van der Waals surface area contributed by atoms with E-state index in [4.69, 9.17) is 19.6 Å². The first-order valence-corrected chi connectivity index (χ1v) is 8.83. The van der Waals surface area contributed by atoms with Crippen molar-refractivity contribution in [3.8, 4) is 0 Å². The van der Waals surface area contributed by atoms with Crippen molar-refractivity contribution in [1.29, 1.82) is 0 Å². The maximum absolute atomic E-state index is 12.4. The van der Waals surface area contributed by atoms with Crippen molar-refractivity contribution in [3.63, 3.8) is 0 Å². The lowest BCUT2D eigenvalue weighted by molar-refractivity contribution is -0.162. The monoisotopic (exact) mass is 380 g/mol. The highest BCUT2D eigenvalue weighted by atomic mass is 16.6. The van der Waals surface area contributed by atoms with Crippen LogP contribution in [0.4, 0.5) is 5.69 Å². The van der Waals surface area contributed by atoms with Gasteiger partial charge in [-0.25, -0.2) is 9.59 Å². The van der Waals surface area contributed by atoms with Crippen molar-refractivity contribution in [2.24, 2.45) is 11.1 Å². The minimum Gasteiger partial charge on any atom is -0.423 e. The summed E-state index contributed by atoms with van der Waals surface area (Å²) in [6.45, 7) is 3.81. The fraction of sp³-hybridized carbons (Fsp3) is 0.238. The number of fused-ring (bicyclic) bond motifs is 2. The van der Waals surface area contributed by atoms with E-state index >= 15 is 0 Å². The summed E-state index contributed by atoms with van der Waals surface area (Å²) in [5.41, 5.74) is 4.94. The topological polar surface area (TPSA) is 104 Å². The van der Waals surface area contributed by atoms with Gasteiger partial charge in [0.1, 0.15) is 23.8 Å². The normalized spacial score (nSPS) is 22.9. The fourth-order valence-electron chi connectivity index (χ4n) is 3.05. The molecule has 28 heavy (non-hydrogen) atoms. The van der Waals surface area contributed by atoms with Gasteiger partial charge in [0, 0.05) is 16.4 Å². The van der Waals surface area contributed by atoms with Crippen molar-refractivity contribution >= 4 is 22.6 Å². The number of ether oxygens (including phenoxy) is 2. The third-order valence-electron chi connectivity index (χ3n) is 4.59. The van der Waals surface area contributed by atoms with E-state index < -0.39 is 17.3 Å². The number of nitrogens with two attached hydrogens (primary N) is 1. The Hall–Kier alpha value is -3.16. The molecule has 0 saturated heterocycles. The van der Waals surface area contributed by atoms with E-state index in [9.17, 15) is 9.59 Å². The van der Waals surface area contributed by atoms with Gasteiger partial charge in [0.05, 0.1) is 0 Å². The molecular formula is C21H20N2O5. The van der Waals surface area contributed by atoms with Gasteiger partial charge in [0.2, 0.25) is 5.72 Å². The van der Waals surface area contributed by atoms with Crippen LogP contribution in [0.15, 0.2) is 75.2 Å². The van der Waals surface area contributed by atoms with E-state index in [-0.39, 0.29) is 17.8 Å². The van der Waals surface area contributed by atoms with Gasteiger partial charge < -0.3 is 19.2 Å². The summed E-state index contributed by atoms with van der Waals surface area (Å²) < 4.78 is 16.1. The van der Waals surface area contributed by atoms with Gasteiger partial charge >= 0.3 is 11.6 Å². The maximum Gasteiger partial charge on any atom is 0.363 e. The molecule has 144 valence electrons. The van der Waals surface area contributed by atoms with E-state index in [1.54, 1.807) is 18.2 Å². The second kappa shape index (κ2) is 6.47. The maximum atomic E-state index is 12.4. The molecule has 2 heterocycles. The second-order valence-electron chi connectivity index (χ2n) is 7.40. The van der Waals surface area contributed by atoms with E-state index in [1.807, 2.05) is 44.2 Å². The molecule has 1 atom stereocenters. The van der Waals surface area contributed by atoms with Crippen LogP contribution in [-0.2, 0) is 14.3 Å². The Kier molecular flexibility index (Phi) is 4.21. The Morgan fingerprint density at radius 3 is 2.79 bits per heavy atom. The summed E-state index contributed by atoms with van der Waals surface area (Å²) in [4.78, 5) is 24.4. The molecule has 2 aliphatic rings. The minimum absolute atomic E-state index is 0.188. The quantitative estimate of drug-likeness (QED) is 0.477. The highest BCUT2D eigenvalue weighted by Crippen LogP contribution is 2.35. The molecule has 1 aliphatic carbocycles. The van der Waals surface area contributed by atoms with Crippen LogP contribution in [0.1, 0.15) is 13.8 Å². The van der Waals surface area contributed by atoms with Crippen LogP contribution in [0, 0.1) is 5.41 Å². The number of hydrogen-bond donors (Lipinski definition) is 2. The van der Waals surface area contributed by atoms with Crippen LogP contribution in [-0.4, -0.2) is 18.4 Å². The van der Waals surface area contributed by atoms with E-state index in [1.165, 1.54) is 6.08 Å². The van der Waals surface area contributed by atoms with Gasteiger partial charge in [-0.2, -0.15) is 0 Å². The van der Waals surface area contributed by atoms with Crippen LogP contribution in [0.5, 0.6) is 0 Å². The molecule has 0 spiro atoms. The van der Waals surface area contributed by atoms with Gasteiger partial charge in [-0.3, -0.25) is 5.73 Å². The predicted octanol–water partition coefficient (Wildman–Crippen LogP) is 2.80. The summed E-state index contributed by atoms with van der Waals surface area (Å²) in [7, 11) is 0. The van der Waals surface area contributed by atoms with E-state index in [0.717, 1.165) is 5.39 Å². The number of carbonyl (C=O) groups excluding carboxylic acids is 1. The third kappa shape index (κ3) is 3.37. The number of allylic oxidation sites excluding steroid dienone is 3. The largest absolute Gasteiger partial charge is 0.423 e. The summed E-state index contributed by atoms with van der Waals surface area (Å²) in [6, 6.07) is 8.80. The summed E-state index contributed by atoms with van der Waals surface area (Å²) in [6.07, 6.45) is 7.20. The van der Waals surface area contributed by atoms with Crippen LogP contribution in [0.2, 0.25) is 0 Å². The van der Waals surface area contributed by atoms with Crippen LogP contribution in [0.25, 0.3) is 11.0 Å². The first-order valence-electron chi connectivity index (χ1n) is 8.83. The molecule has 7 heteroatoms. The molecule has 1 aromatic heterocycles. The third-order valence-corrected chi connectivity index (χ3v) is 4.59. The van der Waals surface area contributed by atoms with Gasteiger partial charge in [0.15, 0.2) is 0 Å². The lowest BCUT2D eigenvalue weighted by atomic mass is 9.85. The molecule has 3 N–H and O–H groups in total. The number of rotatable bonds is 4. The van der Waals surface area contributed by atoms with Crippen molar-refractivity contribution in [3.05, 3.63) is 76.4 Å². The van der Waals surface area contributed by atoms with Gasteiger partial charge in [-0.1, -0.05) is 44.2 Å². The summed E-state index contributed by atoms with van der Waals surface area (Å²) in [5.74, 6) is -0.258. The van der Waals surface area contributed by atoms with Crippen molar-refractivity contribution < 1.29 is 18.7 Å². The zero-order valence-electron chi connectivity index (χ0n) is 15.5. The predicted molar refractivity (Wildman–Crippen MR) is 104 cm³/mol. The standard InChI is InChI=1S/C21H20N2O5/c1-20(2)8-7-14-10-21(22,19(25)28-17(14)11-20)26-12-23-15-9-13-5-3-4-6-16(13)27-18(15)24/h3-11,23H,12,22H2,1-2H3. The van der Waals surface area contributed by atoms with E-state index in [2.05, 4.69) is 5.32 Å². The van der Waals surface area contributed by atoms with Gasteiger partial charge in [-0.15, -0.1) is 0 Å². The average molecular weight is 380 g/mol. The smallest absolute Gasteiger partial charge is 0.363 e. The number of anilines is 1. The zero-order valence-corrected chi connectivity index (χ0v) is 15.5. The molecule has 0 fully saturated rings. The summed E-state index contributed by atoms with van der Waals surface area (Å²) >= 11 is 0. The zero-order chi connectivity index (χ0) is 19.9. The van der Waals surface area contributed by atoms with Crippen LogP contribution >= 0.6 is 0 Å². The molecule has 2 aromatic rings. The van der Waals surface area contributed by atoms with E-state index in [0.29, 0.717) is 16.9 Å². The SMILES string of the molecule is CC1(C)C=CC2=CC(N)(OCNc3cc4ccccc4oc3=O)C(=O)OC2=C1. The Morgan fingerprint density at radius 1 is 1.18 bits per heavy atom. The number of para-hydroxylation sites is 1. The Balaban J connectivity index is 1.51. The lowest BCUT2D eigenvalue weighted by Gasteiger charge is -2.32. The average Bonchev–Trinajstić information content (AvgIpc) is 2.63. The van der Waals surface area contributed by atoms with Crippen LogP contribution in [0.3, 0.4) is 0 Å². The second-order valence-corrected chi connectivity index (χ2v) is 7.40. The number of nitrogens with one attached hydrogen (secondary N) is 1. The minimum atomic E-state index is -1.76. The molecular weight excluding hydrogens is 360 g/mol. The molecule has 4 rings (SSSR count). The van der Waals surface area contributed by atoms with Gasteiger partial charge in [-0.05, 0) is 24.3 Å². The van der Waals surface area contributed by atoms with Crippen molar-refractivity contribution in [1.82, 2.24) is 0 Å². The molecule has 0 radical (unpaired) electrons. The van der Waals surface area contributed by atoms with Crippen molar-refractivity contribution in [2.75, 3.05) is 12.0 Å². The molecule has 0 saturated carbocycles. The first kappa shape index (κ1) is 18.2. The highest BCUT2D eigenvalue weighted by Gasteiger charge is 2.41. The van der Waals surface area contributed by atoms with Crippen LogP contribution < -0.4 is 16.7 Å². The number of benzene rings is 1. The fourth-order valence-corrected chi connectivity index (χ4v) is 3.05. The first-order chi connectivity index (χ1) is 13.3. The molecule has 1 aliphatic heterocycles. The Labute approximate surface area is 161 Å².